The Morgan fingerprint density at radius 3 is 2.39 bits per heavy atom. The van der Waals surface area contributed by atoms with E-state index in [1.165, 1.54) is 11.8 Å². The highest BCUT2D eigenvalue weighted by Crippen LogP contribution is 2.15. The molecule has 206 valence electrons. The molecule has 1 saturated heterocycles. The quantitative estimate of drug-likeness (QED) is 0.0885. The second-order valence-electron chi connectivity index (χ2n) is 8.93. The van der Waals surface area contributed by atoms with Gasteiger partial charge in [-0.05, 0) is 32.1 Å². The van der Waals surface area contributed by atoms with Crippen LogP contribution in [0.15, 0.2) is 0 Å². The standard InChI is InChI=1S/C22H40N6O8/c1-5-6-10-34-22(33)36-12-16(27-21(32)35-11-13(2)3)18(30)25-14(4)17(29)26-15-8-7-9-28(19(15)31)20(23)24/h13-16,19,31H,5-12H2,1-4H3,(H3,23,24)(H,25,30)(H,26,29)(H,27,32). The molecule has 1 aliphatic heterocycles. The molecule has 0 aliphatic carbocycles. The smallest absolute Gasteiger partial charge is 0.449 e. The number of rotatable bonds is 12. The molecule has 0 spiro atoms. The van der Waals surface area contributed by atoms with Crippen molar-refractivity contribution in [3.8, 4) is 0 Å². The van der Waals surface area contributed by atoms with Crippen LogP contribution in [0, 0.1) is 11.3 Å². The largest absolute Gasteiger partial charge is 0.508 e. The molecule has 0 aromatic carbocycles. The summed E-state index contributed by atoms with van der Waals surface area (Å²) in [5, 5.41) is 25.3. The van der Waals surface area contributed by atoms with Crippen molar-refractivity contribution in [3.63, 3.8) is 0 Å². The fourth-order valence-electron chi connectivity index (χ4n) is 3.18. The van der Waals surface area contributed by atoms with Crippen LogP contribution in [0.25, 0.3) is 0 Å². The number of nitrogens with two attached hydrogens (primary N) is 1. The first-order valence-corrected chi connectivity index (χ1v) is 12.1. The Morgan fingerprint density at radius 1 is 1.08 bits per heavy atom. The molecule has 0 saturated carbocycles. The average Bonchev–Trinajstić information content (AvgIpc) is 2.81. The molecule has 7 N–H and O–H groups in total. The van der Waals surface area contributed by atoms with Crippen LogP contribution in [0.1, 0.15) is 53.4 Å². The van der Waals surface area contributed by atoms with Gasteiger partial charge in [0.2, 0.25) is 11.8 Å². The molecular formula is C22H40N6O8. The molecule has 1 aliphatic rings. The SMILES string of the molecule is CCCCOC(=O)OCC(NC(=O)OCC(C)C)C(=O)NC(C)C(=O)NC1CCCN(C(=N)N)C1O. The van der Waals surface area contributed by atoms with E-state index in [-0.39, 0.29) is 25.1 Å². The fourth-order valence-corrected chi connectivity index (χ4v) is 3.18. The van der Waals surface area contributed by atoms with Gasteiger partial charge in [0.25, 0.3) is 0 Å². The van der Waals surface area contributed by atoms with Crippen LogP contribution in [-0.4, -0.2) is 90.7 Å². The van der Waals surface area contributed by atoms with Crippen LogP contribution in [0.3, 0.4) is 0 Å². The number of unbranched alkanes of at least 4 members (excludes halogenated alkanes) is 1. The molecule has 4 unspecified atom stereocenters. The van der Waals surface area contributed by atoms with E-state index in [1.54, 1.807) is 0 Å². The van der Waals surface area contributed by atoms with Gasteiger partial charge in [0.05, 0.1) is 19.3 Å². The zero-order valence-electron chi connectivity index (χ0n) is 21.4. The lowest BCUT2D eigenvalue weighted by atomic mass is 10.0. The van der Waals surface area contributed by atoms with Crippen LogP contribution < -0.4 is 21.7 Å². The maximum absolute atomic E-state index is 12.8. The van der Waals surface area contributed by atoms with Crippen LogP contribution >= 0.6 is 0 Å². The minimum absolute atomic E-state index is 0.0607. The number of likely N-dealkylation sites (tertiary alicyclic amines) is 1. The maximum Gasteiger partial charge on any atom is 0.508 e. The predicted molar refractivity (Wildman–Crippen MR) is 129 cm³/mol. The van der Waals surface area contributed by atoms with Crippen molar-refractivity contribution in [1.29, 1.82) is 5.41 Å². The van der Waals surface area contributed by atoms with Gasteiger partial charge in [-0.3, -0.25) is 15.0 Å². The van der Waals surface area contributed by atoms with Crippen LogP contribution in [-0.2, 0) is 23.8 Å². The number of amides is 3. The molecule has 4 atom stereocenters. The molecule has 3 amide bonds. The number of aliphatic hydroxyl groups excluding tert-OH is 1. The van der Waals surface area contributed by atoms with Crippen LogP contribution in [0.5, 0.6) is 0 Å². The molecular weight excluding hydrogens is 476 g/mol. The number of hydrogen-bond donors (Lipinski definition) is 6. The summed E-state index contributed by atoms with van der Waals surface area (Å²) in [4.78, 5) is 50.6. The summed E-state index contributed by atoms with van der Waals surface area (Å²) in [6, 6.07) is -3.12. The highest BCUT2D eigenvalue weighted by atomic mass is 16.7. The summed E-state index contributed by atoms with van der Waals surface area (Å²) in [7, 11) is 0. The van der Waals surface area contributed by atoms with Crippen molar-refractivity contribution in [1.82, 2.24) is 20.9 Å². The van der Waals surface area contributed by atoms with Crippen molar-refractivity contribution in [2.75, 3.05) is 26.4 Å². The van der Waals surface area contributed by atoms with Crippen LogP contribution in [0.4, 0.5) is 9.59 Å². The first-order valence-electron chi connectivity index (χ1n) is 12.1. The summed E-state index contributed by atoms with van der Waals surface area (Å²) in [6.07, 6.45) is -0.558. The minimum atomic E-state index is -1.35. The monoisotopic (exact) mass is 516 g/mol. The Bertz CT molecular complexity index is 765. The zero-order chi connectivity index (χ0) is 27.3. The molecule has 0 bridgehead atoms. The van der Waals surface area contributed by atoms with Gasteiger partial charge >= 0.3 is 12.2 Å². The number of carbonyl (C=O) groups excluding carboxylic acids is 4. The topological polar surface area (TPSA) is 205 Å². The van der Waals surface area contributed by atoms with E-state index in [0.29, 0.717) is 25.8 Å². The summed E-state index contributed by atoms with van der Waals surface area (Å²) in [6.45, 7) is 7.12. The number of nitrogens with one attached hydrogen (secondary N) is 4. The van der Waals surface area contributed by atoms with Crippen LogP contribution in [0.2, 0.25) is 0 Å². The Kier molecular flexibility index (Phi) is 13.4. The Labute approximate surface area is 211 Å². The van der Waals surface area contributed by atoms with E-state index >= 15 is 0 Å². The second kappa shape index (κ2) is 15.7. The van der Waals surface area contributed by atoms with Crippen molar-refractivity contribution >= 4 is 30.0 Å². The molecule has 1 rings (SSSR count). The van der Waals surface area contributed by atoms with Crippen molar-refractivity contribution in [2.45, 2.75) is 77.7 Å². The van der Waals surface area contributed by atoms with Gasteiger partial charge in [-0.2, -0.15) is 0 Å². The normalized spacial score (nSPS) is 19.0. The van der Waals surface area contributed by atoms with Crippen molar-refractivity contribution in [3.05, 3.63) is 0 Å². The second-order valence-corrected chi connectivity index (χ2v) is 8.93. The lowest BCUT2D eigenvalue weighted by molar-refractivity contribution is -0.131. The van der Waals surface area contributed by atoms with Gasteiger partial charge in [-0.25, -0.2) is 9.59 Å². The predicted octanol–water partition coefficient (Wildman–Crippen LogP) is -0.0123. The summed E-state index contributed by atoms with van der Waals surface area (Å²) >= 11 is 0. The molecule has 0 radical (unpaired) electrons. The average molecular weight is 517 g/mol. The third-order valence-corrected chi connectivity index (χ3v) is 5.22. The van der Waals surface area contributed by atoms with Gasteiger partial charge in [0.15, 0.2) is 5.96 Å². The summed E-state index contributed by atoms with van der Waals surface area (Å²) < 4.78 is 14.9. The summed E-state index contributed by atoms with van der Waals surface area (Å²) in [5.74, 6) is -1.64. The fraction of sp³-hybridized carbons (Fsp3) is 0.773. The number of guanidine groups is 1. The van der Waals surface area contributed by atoms with Gasteiger partial charge in [0.1, 0.15) is 24.9 Å². The third kappa shape index (κ3) is 11.0. The molecule has 14 nitrogen and oxygen atoms in total. The third-order valence-electron chi connectivity index (χ3n) is 5.22. The highest BCUT2D eigenvalue weighted by Gasteiger charge is 2.33. The van der Waals surface area contributed by atoms with E-state index in [4.69, 9.17) is 25.4 Å². The number of alkyl carbamates (subject to hydrolysis) is 1. The van der Waals surface area contributed by atoms with E-state index < -0.39 is 55.0 Å². The molecule has 14 heteroatoms. The van der Waals surface area contributed by atoms with Crippen molar-refractivity contribution < 1.29 is 38.5 Å². The van der Waals surface area contributed by atoms with Crippen molar-refractivity contribution in [2.24, 2.45) is 11.7 Å². The molecule has 1 heterocycles. The number of carbonyl (C=O) groups is 4. The molecule has 0 aromatic rings. The van der Waals surface area contributed by atoms with E-state index in [2.05, 4.69) is 16.0 Å². The first kappa shape index (κ1) is 30.7. The van der Waals surface area contributed by atoms with Gasteiger partial charge in [-0.15, -0.1) is 0 Å². The Balaban J connectivity index is 2.73. The Morgan fingerprint density at radius 2 is 1.78 bits per heavy atom. The molecule has 0 aromatic heterocycles. The number of aliphatic hydroxyl groups is 1. The van der Waals surface area contributed by atoms with Gasteiger partial charge < -0.3 is 45.9 Å². The van der Waals surface area contributed by atoms with E-state index in [1.807, 2.05) is 20.8 Å². The number of ether oxygens (including phenoxy) is 3. The number of piperidine rings is 1. The Hall–Kier alpha value is -3.29. The van der Waals surface area contributed by atoms with Gasteiger partial charge in [0, 0.05) is 6.54 Å². The van der Waals surface area contributed by atoms with E-state index in [0.717, 1.165) is 6.42 Å². The zero-order valence-corrected chi connectivity index (χ0v) is 21.4. The lowest BCUT2D eigenvalue weighted by Crippen LogP contribution is -2.61. The number of nitrogens with zero attached hydrogens (tertiary/aromatic N) is 1. The maximum atomic E-state index is 12.8. The highest BCUT2D eigenvalue weighted by molar-refractivity contribution is 5.91. The van der Waals surface area contributed by atoms with Gasteiger partial charge in [-0.1, -0.05) is 27.2 Å². The first-order chi connectivity index (χ1) is 17.0. The summed E-state index contributed by atoms with van der Waals surface area (Å²) in [5.41, 5.74) is 5.46. The lowest BCUT2D eigenvalue weighted by Gasteiger charge is -2.38. The number of hydrogen-bond acceptors (Lipinski definition) is 9. The molecule has 1 fully saturated rings. The molecule has 36 heavy (non-hydrogen) atoms. The minimum Gasteiger partial charge on any atom is -0.449 e. The van der Waals surface area contributed by atoms with E-state index in [9.17, 15) is 24.3 Å².